The first kappa shape index (κ1) is 50.6. The van der Waals surface area contributed by atoms with E-state index in [-0.39, 0.29) is 74.3 Å². The van der Waals surface area contributed by atoms with Gasteiger partial charge in [-0.2, -0.15) is 0 Å². The monoisotopic (exact) mass is 1060 g/mol. The van der Waals surface area contributed by atoms with Crippen LogP contribution in [0.1, 0.15) is 92.6 Å². The van der Waals surface area contributed by atoms with Crippen molar-refractivity contribution in [2.24, 2.45) is 0 Å². The predicted molar refractivity (Wildman–Crippen MR) is 274 cm³/mol. The maximum absolute atomic E-state index is 13.4. The molecule has 1 unspecified atom stereocenters. The van der Waals surface area contributed by atoms with E-state index in [0.717, 1.165) is 105 Å². The van der Waals surface area contributed by atoms with E-state index in [2.05, 4.69) is 19.8 Å². The van der Waals surface area contributed by atoms with Crippen LogP contribution in [0.25, 0.3) is 0 Å². The number of hydrogen-bond donors (Lipinski definition) is 2. The fraction of sp³-hybridized carbons (Fsp3) is 0.385. The van der Waals surface area contributed by atoms with Crippen molar-refractivity contribution in [1.29, 1.82) is 0 Å². The number of thiazole rings is 2. The summed E-state index contributed by atoms with van der Waals surface area (Å²) in [5, 5.41) is 23.3. The van der Waals surface area contributed by atoms with Gasteiger partial charge < -0.3 is 29.2 Å². The third-order valence-electron chi connectivity index (χ3n) is 14.2. The Morgan fingerprint density at radius 1 is 0.614 bits per heavy atom. The number of ketones is 2. The molecule has 368 valence electrons. The molecule has 0 bridgehead atoms. The van der Waals surface area contributed by atoms with Gasteiger partial charge in [-0.25, -0.2) is 9.97 Å². The molecule has 4 aliphatic heterocycles. The highest BCUT2D eigenvalue weighted by atomic mass is 35.5. The molecule has 2 N–H and O–H groups in total. The third-order valence-corrected chi connectivity index (χ3v) is 17.0. The molecule has 2 saturated heterocycles. The lowest BCUT2D eigenvalue weighted by Crippen LogP contribution is -2.28. The SMILES string of the molecule is Cl.Cl.O=C(Cc1ncc(C(c2ccccc2Cl)N2CC[C@@H](O)C2)s1)C1(c2ccc3c(c2)OCO3)CC1.O=C(Cc1ncc([C@H](c2ccccc2Cl)N2CC[C@@H](O)C2)s1)C1(c2ccc3c(c2)OCO3)CC1. The molecule has 2 aromatic heterocycles. The van der Waals surface area contributed by atoms with Gasteiger partial charge >= 0.3 is 0 Å². The molecule has 12 rings (SSSR count). The zero-order valence-corrected chi connectivity index (χ0v) is 42.7. The van der Waals surface area contributed by atoms with Gasteiger partial charge in [0.1, 0.15) is 21.6 Å². The van der Waals surface area contributed by atoms with Gasteiger partial charge in [0, 0.05) is 58.4 Å². The second-order valence-electron chi connectivity index (χ2n) is 18.5. The number of hydrogen-bond acceptors (Lipinski definition) is 14. The van der Waals surface area contributed by atoms with Crippen LogP contribution in [0.15, 0.2) is 97.3 Å². The number of halogens is 4. The molecule has 4 aromatic carbocycles. The quantitative estimate of drug-likeness (QED) is 0.107. The minimum absolute atomic E-state index is 0. The number of aliphatic hydroxyl groups excluding tert-OH is 2. The number of fused-ring (bicyclic) bond motifs is 2. The topological polar surface area (TPSA) is 144 Å². The van der Waals surface area contributed by atoms with Crippen molar-refractivity contribution in [2.75, 3.05) is 39.8 Å². The summed E-state index contributed by atoms with van der Waals surface area (Å²) in [6.07, 6.45) is 8.52. The zero-order chi connectivity index (χ0) is 46.6. The molecule has 0 spiro atoms. The molecule has 70 heavy (non-hydrogen) atoms. The largest absolute Gasteiger partial charge is 0.454 e. The van der Waals surface area contributed by atoms with Crippen LogP contribution in [0.4, 0.5) is 0 Å². The van der Waals surface area contributed by atoms with E-state index in [4.69, 9.17) is 42.1 Å². The molecule has 12 nitrogen and oxygen atoms in total. The molecule has 6 aromatic rings. The lowest BCUT2D eigenvalue weighted by molar-refractivity contribution is -0.121. The van der Waals surface area contributed by atoms with Crippen molar-refractivity contribution in [1.82, 2.24) is 19.8 Å². The number of aromatic nitrogens is 2. The van der Waals surface area contributed by atoms with Crippen molar-refractivity contribution >= 4 is 82.3 Å². The fourth-order valence-corrected chi connectivity index (χ4v) is 12.9. The van der Waals surface area contributed by atoms with Crippen LogP contribution in [0.2, 0.25) is 10.0 Å². The van der Waals surface area contributed by atoms with Crippen LogP contribution in [-0.4, -0.2) is 93.5 Å². The molecule has 0 radical (unpaired) electrons. The van der Waals surface area contributed by atoms with Gasteiger partial charge in [0.25, 0.3) is 0 Å². The molecule has 2 aliphatic carbocycles. The highest BCUT2D eigenvalue weighted by molar-refractivity contribution is 7.12. The number of rotatable bonds is 14. The number of β-amino-alcohol motifs (C(OH)–C–C–N with tert-alkyl or cyclic N) is 2. The van der Waals surface area contributed by atoms with Gasteiger partial charge in [0.15, 0.2) is 23.0 Å². The first-order valence-corrected chi connectivity index (χ1v) is 25.5. The minimum Gasteiger partial charge on any atom is -0.454 e. The van der Waals surface area contributed by atoms with Crippen LogP contribution >= 0.6 is 70.7 Å². The van der Waals surface area contributed by atoms with Gasteiger partial charge in [-0.1, -0.05) is 71.7 Å². The molecule has 4 atom stereocenters. The zero-order valence-electron chi connectivity index (χ0n) is 38.0. The number of carbonyl (C=O) groups excluding carboxylic acids is 2. The summed E-state index contributed by atoms with van der Waals surface area (Å²) in [6.45, 7) is 3.21. The highest BCUT2D eigenvalue weighted by Crippen LogP contribution is 2.53. The lowest BCUT2D eigenvalue weighted by atomic mass is 9.89. The molecule has 18 heteroatoms. The van der Waals surface area contributed by atoms with E-state index in [1.165, 1.54) is 0 Å². The van der Waals surface area contributed by atoms with Gasteiger partial charge in [0.2, 0.25) is 13.6 Å². The average molecular weight is 1070 g/mol. The predicted octanol–water partition coefficient (Wildman–Crippen LogP) is 9.89. The van der Waals surface area contributed by atoms with Crippen LogP contribution in [-0.2, 0) is 33.3 Å². The van der Waals surface area contributed by atoms with E-state index in [1.807, 2.05) is 97.3 Å². The highest BCUT2D eigenvalue weighted by Gasteiger charge is 2.52. The molecule has 6 heterocycles. The maximum atomic E-state index is 13.4. The Hall–Kier alpha value is -4.32. The van der Waals surface area contributed by atoms with Crippen molar-refractivity contribution < 1.29 is 38.7 Å². The molecule has 6 aliphatic rings. The van der Waals surface area contributed by atoms with E-state index >= 15 is 0 Å². The van der Waals surface area contributed by atoms with Crippen molar-refractivity contribution in [3.8, 4) is 23.0 Å². The van der Waals surface area contributed by atoms with E-state index in [0.29, 0.717) is 47.5 Å². The Balaban J connectivity index is 0.000000169. The summed E-state index contributed by atoms with van der Waals surface area (Å²) in [5.41, 5.74) is 3.09. The van der Waals surface area contributed by atoms with Gasteiger partial charge in [0.05, 0.1) is 48.0 Å². The first-order chi connectivity index (χ1) is 33.1. The Bertz CT molecular complexity index is 2680. The lowest BCUT2D eigenvalue weighted by Gasteiger charge is -2.27. The Morgan fingerprint density at radius 3 is 1.39 bits per heavy atom. The summed E-state index contributed by atoms with van der Waals surface area (Å²) in [4.78, 5) is 42.7. The van der Waals surface area contributed by atoms with Crippen LogP contribution in [0.5, 0.6) is 23.0 Å². The van der Waals surface area contributed by atoms with Crippen molar-refractivity contribution in [3.05, 3.63) is 149 Å². The number of aliphatic hydroxyl groups is 2. The van der Waals surface area contributed by atoms with Crippen LogP contribution in [0, 0.1) is 0 Å². The van der Waals surface area contributed by atoms with Crippen LogP contribution in [0.3, 0.4) is 0 Å². The fourth-order valence-electron chi connectivity index (χ4n) is 10.2. The van der Waals surface area contributed by atoms with Crippen molar-refractivity contribution in [2.45, 2.75) is 86.5 Å². The smallest absolute Gasteiger partial charge is 0.231 e. The molecular weight excluding hydrogens is 1010 g/mol. The second-order valence-corrected chi connectivity index (χ2v) is 21.6. The number of likely N-dealkylation sites (tertiary alicyclic amines) is 2. The molecule has 4 fully saturated rings. The number of carbonyl (C=O) groups is 2. The van der Waals surface area contributed by atoms with Gasteiger partial charge in [-0.3, -0.25) is 19.4 Å². The molecular formula is C52H52Cl4N4O8S2. The summed E-state index contributed by atoms with van der Waals surface area (Å²) < 4.78 is 21.9. The number of nitrogens with zero attached hydrogens (tertiary/aromatic N) is 4. The average Bonchev–Trinajstić information content (AvgIpc) is 3.71. The first-order valence-electron chi connectivity index (χ1n) is 23.2. The minimum atomic E-state index is -0.450. The van der Waals surface area contributed by atoms with E-state index in [9.17, 15) is 19.8 Å². The second kappa shape index (κ2) is 21.0. The molecule has 2 saturated carbocycles. The normalized spacial score (nSPS) is 20.9. The number of ether oxygens (including phenoxy) is 4. The number of benzene rings is 4. The van der Waals surface area contributed by atoms with E-state index in [1.54, 1.807) is 22.7 Å². The number of Topliss-reactive ketones (excluding diaryl/α,β-unsaturated/α-hetero) is 2. The van der Waals surface area contributed by atoms with Gasteiger partial charge in [-0.05, 0) is 97.2 Å². The Labute approximate surface area is 436 Å². The summed E-state index contributed by atoms with van der Waals surface area (Å²) in [7, 11) is 0. The standard InChI is InChI=1S/2C26H25ClN2O4S.2ClH/c2*27-19-4-2-1-3-18(19)25(29-10-7-17(30)14-29)22-13-28-24(34-22)12-23(31)26(8-9-26)16-5-6-20-21(11-16)33-15-32-20;;/h2*1-6,11,13,17,25,30H,7-10,12,14-15H2;2*1H/t17-,25?;17-,25+;;/m11../s1. The van der Waals surface area contributed by atoms with Gasteiger partial charge in [-0.15, -0.1) is 47.5 Å². The van der Waals surface area contributed by atoms with Crippen molar-refractivity contribution in [3.63, 3.8) is 0 Å². The third kappa shape index (κ3) is 10.1. The van der Waals surface area contributed by atoms with E-state index < -0.39 is 10.8 Å². The summed E-state index contributed by atoms with van der Waals surface area (Å²) in [6, 6.07) is 27.1. The maximum Gasteiger partial charge on any atom is 0.231 e. The Morgan fingerprint density at radius 2 is 1.01 bits per heavy atom. The van der Waals surface area contributed by atoms with Crippen LogP contribution < -0.4 is 18.9 Å². The molecule has 0 amide bonds. The summed E-state index contributed by atoms with van der Waals surface area (Å²) >= 11 is 16.3. The Kier molecular flexibility index (Phi) is 15.2. The summed E-state index contributed by atoms with van der Waals surface area (Å²) in [5.74, 6) is 3.27.